The number of hydrogen-bond donors (Lipinski definition) is 3. The maximum absolute atomic E-state index is 11.7. The zero-order valence-corrected chi connectivity index (χ0v) is 23.3. The number of nitrogens with two attached hydrogens (primary N) is 1. The van der Waals surface area contributed by atoms with Crippen LogP contribution in [0.4, 0.5) is 11.5 Å². The number of likely N-dealkylation sites (tertiary alicyclic amines) is 1. The van der Waals surface area contributed by atoms with Gasteiger partial charge < -0.3 is 16.2 Å². The van der Waals surface area contributed by atoms with Gasteiger partial charge in [0.25, 0.3) is 10.9 Å². The zero-order chi connectivity index (χ0) is 29.5. The van der Waals surface area contributed by atoms with Crippen molar-refractivity contribution in [3.8, 4) is 34.1 Å². The van der Waals surface area contributed by atoms with Gasteiger partial charge in [-0.3, -0.25) is 19.1 Å². The van der Waals surface area contributed by atoms with Gasteiger partial charge in [0.05, 0.1) is 11.3 Å². The van der Waals surface area contributed by atoms with E-state index in [0.29, 0.717) is 11.6 Å². The summed E-state index contributed by atoms with van der Waals surface area (Å²) in [6, 6.07) is 26.2. The summed E-state index contributed by atoms with van der Waals surface area (Å²) in [6.45, 7) is 2.44. The first-order valence-corrected chi connectivity index (χ1v) is 14.2. The highest BCUT2D eigenvalue weighted by Gasteiger charge is 2.26. The van der Waals surface area contributed by atoms with Gasteiger partial charge >= 0.3 is 0 Å². The predicted octanol–water partition coefficient (Wildman–Crippen LogP) is 4.11. The summed E-state index contributed by atoms with van der Waals surface area (Å²) in [4.78, 5) is 39.6. The van der Waals surface area contributed by atoms with Crippen LogP contribution >= 0.6 is 0 Å². The number of hydrogen-bond acceptors (Lipinski definition) is 9. The van der Waals surface area contributed by atoms with Crippen molar-refractivity contribution in [3.05, 3.63) is 111 Å². The second-order valence-corrected chi connectivity index (χ2v) is 10.9. The molecule has 0 spiro atoms. The van der Waals surface area contributed by atoms with Gasteiger partial charge in [-0.2, -0.15) is 0 Å². The van der Waals surface area contributed by atoms with Crippen LogP contribution in [0.15, 0.2) is 94.6 Å². The molecule has 1 fully saturated rings. The maximum Gasteiger partial charge on any atom is 0.271 e. The molecule has 4 heterocycles. The van der Waals surface area contributed by atoms with E-state index in [9.17, 15) is 14.7 Å². The van der Waals surface area contributed by atoms with E-state index >= 15 is 0 Å². The monoisotopic (exact) mass is 571 g/mol. The van der Waals surface area contributed by atoms with Crippen LogP contribution in [0.5, 0.6) is 5.75 Å². The van der Waals surface area contributed by atoms with Crippen LogP contribution in [-0.4, -0.2) is 48.7 Å². The number of piperidine rings is 1. The lowest BCUT2D eigenvalue weighted by Gasteiger charge is -2.33. The van der Waals surface area contributed by atoms with Crippen molar-refractivity contribution in [3.63, 3.8) is 0 Å². The summed E-state index contributed by atoms with van der Waals surface area (Å²) in [6.07, 6.45) is 3.28. The molecular weight excluding hydrogens is 542 g/mol. The Morgan fingerprint density at radius 2 is 1.65 bits per heavy atom. The molecule has 1 aliphatic rings. The lowest BCUT2D eigenvalue weighted by molar-refractivity contribution is 0.211. The van der Waals surface area contributed by atoms with Crippen molar-refractivity contribution in [1.29, 1.82) is 0 Å². The summed E-state index contributed by atoms with van der Waals surface area (Å²) >= 11 is 0. The van der Waals surface area contributed by atoms with Gasteiger partial charge in [0.1, 0.15) is 17.0 Å². The molecule has 10 nitrogen and oxygen atoms in total. The van der Waals surface area contributed by atoms with Gasteiger partial charge in [-0.05, 0) is 54.8 Å². The number of anilines is 2. The number of nitrogen functional groups attached to an aromatic ring is 1. The molecule has 0 radical (unpaired) electrons. The predicted molar refractivity (Wildman–Crippen MR) is 167 cm³/mol. The van der Waals surface area contributed by atoms with Gasteiger partial charge in [0.2, 0.25) is 0 Å². The molecule has 1 aliphatic heterocycles. The van der Waals surface area contributed by atoms with Gasteiger partial charge in [-0.25, -0.2) is 15.0 Å². The van der Waals surface area contributed by atoms with E-state index in [1.54, 1.807) is 6.20 Å². The normalized spacial score (nSPS) is 14.4. The number of aromatic nitrogens is 4. The van der Waals surface area contributed by atoms with E-state index in [1.807, 2.05) is 59.2 Å². The van der Waals surface area contributed by atoms with Crippen molar-refractivity contribution in [2.24, 2.45) is 0 Å². The van der Waals surface area contributed by atoms with E-state index in [0.717, 1.165) is 66.1 Å². The lowest BCUT2D eigenvalue weighted by atomic mass is 10.0. The summed E-state index contributed by atoms with van der Waals surface area (Å²) < 4.78 is 2.03. The topological polar surface area (TPSA) is 139 Å². The number of rotatable bonds is 7. The van der Waals surface area contributed by atoms with Crippen molar-refractivity contribution in [2.45, 2.75) is 25.4 Å². The Labute approximate surface area is 246 Å². The smallest absolute Gasteiger partial charge is 0.271 e. The fraction of sp³-hybridized carbons (Fsp3) is 0.182. The molecule has 0 amide bonds. The minimum atomic E-state index is -0.810. The fourth-order valence-electron chi connectivity index (χ4n) is 5.72. The molecule has 10 heteroatoms. The molecular formula is C33H29N7O3. The van der Waals surface area contributed by atoms with Gasteiger partial charge in [0.15, 0.2) is 17.2 Å². The van der Waals surface area contributed by atoms with E-state index in [2.05, 4.69) is 39.5 Å². The number of pyridine rings is 2. The van der Waals surface area contributed by atoms with Crippen molar-refractivity contribution in [2.75, 3.05) is 24.1 Å². The molecule has 0 unspecified atom stereocenters. The average molecular weight is 572 g/mol. The van der Waals surface area contributed by atoms with E-state index < -0.39 is 16.6 Å². The van der Waals surface area contributed by atoms with Gasteiger partial charge in [0, 0.05) is 43.1 Å². The second kappa shape index (κ2) is 10.8. The third-order valence-corrected chi connectivity index (χ3v) is 8.08. The summed E-state index contributed by atoms with van der Waals surface area (Å²) in [7, 11) is 0. The number of nitrogens with one attached hydrogen (secondary N) is 1. The average Bonchev–Trinajstić information content (AvgIpc) is 3.43. The number of benzene rings is 2. The first-order chi connectivity index (χ1) is 21.0. The molecule has 4 N–H and O–H groups in total. The van der Waals surface area contributed by atoms with Crippen LogP contribution in [0.25, 0.3) is 39.5 Å². The van der Waals surface area contributed by atoms with Crippen LogP contribution in [0, 0.1) is 0 Å². The van der Waals surface area contributed by atoms with E-state index in [-0.39, 0.29) is 11.7 Å². The molecule has 214 valence electrons. The molecule has 6 aromatic rings. The molecule has 7 rings (SSSR count). The Morgan fingerprint density at radius 1 is 0.884 bits per heavy atom. The van der Waals surface area contributed by atoms with Crippen molar-refractivity contribution >= 4 is 22.7 Å². The van der Waals surface area contributed by atoms with Crippen molar-refractivity contribution < 1.29 is 5.11 Å². The quantitative estimate of drug-likeness (QED) is 0.242. The summed E-state index contributed by atoms with van der Waals surface area (Å²) in [5, 5.41) is 12.7. The van der Waals surface area contributed by atoms with Crippen LogP contribution in [-0.2, 0) is 6.54 Å². The second-order valence-electron chi connectivity index (χ2n) is 10.9. The first kappa shape index (κ1) is 26.5. The zero-order valence-electron chi connectivity index (χ0n) is 23.3. The van der Waals surface area contributed by atoms with Crippen LogP contribution in [0.2, 0.25) is 0 Å². The van der Waals surface area contributed by atoms with E-state index in [4.69, 9.17) is 15.7 Å². The largest absolute Gasteiger partial charge is 0.502 e. The maximum atomic E-state index is 11.7. The highest BCUT2D eigenvalue weighted by molar-refractivity contribution is 5.84. The summed E-state index contributed by atoms with van der Waals surface area (Å²) in [5.74, 6) is 0.629. The highest BCUT2D eigenvalue weighted by atomic mass is 16.3. The Morgan fingerprint density at radius 3 is 2.37 bits per heavy atom. The SMILES string of the molecule is Nc1ncccc1-c1nc2ccc(-c3ccccc3)nc2n1-c1ccc(CN2CCC(Nc3c(O)c(=O)c3=O)CC2)cc1. The minimum absolute atomic E-state index is 0.0500. The highest BCUT2D eigenvalue weighted by Crippen LogP contribution is 2.32. The Kier molecular flexibility index (Phi) is 6.67. The van der Waals surface area contributed by atoms with Crippen LogP contribution in [0.1, 0.15) is 18.4 Å². The number of fused-ring (bicyclic) bond motifs is 1. The number of aromatic hydroxyl groups is 1. The Bertz CT molecular complexity index is 2000. The molecule has 0 bridgehead atoms. The lowest BCUT2D eigenvalue weighted by Crippen LogP contribution is -2.42. The van der Waals surface area contributed by atoms with Crippen LogP contribution in [0.3, 0.4) is 0 Å². The Hall–Kier alpha value is -5.35. The number of imidazole rings is 1. The molecule has 3 aromatic carbocycles. The van der Waals surface area contributed by atoms with Crippen LogP contribution < -0.4 is 21.9 Å². The fourth-order valence-corrected chi connectivity index (χ4v) is 5.72. The molecule has 1 saturated heterocycles. The minimum Gasteiger partial charge on any atom is -0.502 e. The standard InChI is InChI=1S/C33H29N7O3/c34-31-24(7-4-16-35-31)32-38-26-13-12-25(21-5-2-1-3-6-21)37-33(26)40(32)23-10-8-20(9-11-23)19-39-17-14-22(15-18-39)36-27-28(41)30(43)29(27)42/h1-13,16,22,36,41H,14-15,17-19H2,(H2,34,35). The number of nitrogens with zero attached hydrogens (tertiary/aromatic N) is 5. The van der Waals surface area contributed by atoms with E-state index in [1.165, 1.54) is 5.56 Å². The Balaban J connectivity index is 1.15. The third-order valence-electron chi connectivity index (χ3n) is 8.08. The van der Waals surface area contributed by atoms with Gasteiger partial charge in [-0.15, -0.1) is 0 Å². The molecule has 0 atom stereocenters. The molecule has 0 aliphatic carbocycles. The van der Waals surface area contributed by atoms with Gasteiger partial charge in [-0.1, -0.05) is 42.5 Å². The molecule has 43 heavy (non-hydrogen) atoms. The molecule has 3 aromatic heterocycles. The third kappa shape index (κ3) is 4.91. The van der Waals surface area contributed by atoms with Crippen molar-refractivity contribution in [1.82, 2.24) is 24.4 Å². The summed E-state index contributed by atoms with van der Waals surface area (Å²) in [5.41, 5.74) is 11.1. The first-order valence-electron chi connectivity index (χ1n) is 14.2. The molecule has 0 saturated carbocycles.